The van der Waals surface area contributed by atoms with Crippen LogP contribution in [-0.2, 0) is 11.2 Å². The second-order valence-corrected chi connectivity index (χ2v) is 6.64. The Morgan fingerprint density at radius 1 is 1.32 bits per heavy atom. The summed E-state index contributed by atoms with van der Waals surface area (Å²) in [5.41, 5.74) is 0.997. The SMILES string of the molecule is CC(C)C1CCC(=O)C(Cc2cccc(Cl)c2Cl)C1. The zero-order valence-corrected chi connectivity index (χ0v) is 13.0. The number of benzene rings is 1. The van der Waals surface area contributed by atoms with E-state index in [-0.39, 0.29) is 5.92 Å². The molecule has 0 spiro atoms. The third-order valence-electron chi connectivity index (χ3n) is 4.24. The summed E-state index contributed by atoms with van der Waals surface area (Å²) >= 11 is 12.2. The highest BCUT2D eigenvalue weighted by Crippen LogP contribution is 2.35. The van der Waals surface area contributed by atoms with Gasteiger partial charge >= 0.3 is 0 Å². The predicted octanol–water partition coefficient (Wildman–Crippen LogP) is 5.18. The van der Waals surface area contributed by atoms with E-state index in [1.807, 2.05) is 12.1 Å². The zero-order chi connectivity index (χ0) is 14.0. The van der Waals surface area contributed by atoms with E-state index in [1.165, 1.54) is 0 Å². The van der Waals surface area contributed by atoms with Gasteiger partial charge in [0.05, 0.1) is 10.0 Å². The fraction of sp³-hybridized carbons (Fsp3) is 0.562. The van der Waals surface area contributed by atoms with Crippen LogP contribution in [0.15, 0.2) is 18.2 Å². The van der Waals surface area contributed by atoms with Gasteiger partial charge in [0.25, 0.3) is 0 Å². The minimum Gasteiger partial charge on any atom is -0.299 e. The molecule has 0 aromatic heterocycles. The summed E-state index contributed by atoms with van der Waals surface area (Å²) in [6.07, 6.45) is 3.46. The van der Waals surface area contributed by atoms with Gasteiger partial charge in [0, 0.05) is 12.3 Å². The minimum atomic E-state index is 0.108. The molecule has 0 saturated heterocycles. The maximum atomic E-state index is 12.1. The number of halogens is 2. The molecule has 0 bridgehead atoms. The summed E-state index contributed by atoms with van der Waals surface area (Å²) in [5, 5.41) is 1.17. The lowest BCUT2D eigenvalue weighted by molar-refractivity contribution is -0.125. The monoisotopic (exact) mass is 298 g/mol. The van der Waals surface area contributed by atoms with Crippen molar-refractivity contribution in [1.29, 1.82) is 0 Å². The first-order valence-corrected chi connectivity index (χ1v) is 7.70. The molecule has 1 fully saturated rings. The van der Waals surface area contributed by atoms with Gasteiger partial charge in [0.15, 0.2) is 0 Å². The lowest BCUT2D eigenvalue weighted by atomic mass is 9.73. The average molecular weight is 299 g/mol. The molecule has 2 atom stereocenters. The normalized spacial score (nSPS) is 23.9. The summed E-state index contributed by atoms with van der Waals surface area (Å²) < 4.78 is 0. The van der Waals surface area contributed by atoms with Crippen LogP contribution in [-0.4, -0.2) is 5.78 Å². The van der Waals surface area contributed by atoms with Gasteiger partial charge in [-0.1, -0.05) is 49.2 Å². The minimum absolute atomic E-state index is 0.108. The van der Waals surface area contributed by atoms with Crippen molar-refractivity contribution in [3.05, 3.63) is 33.8 Å². The van der Waals surface area contributed by atoms with Gasteiger partial charge in [-0.05, 0) is 42.7 Å². The van der Waals surface area contributed by atoms with E-state index < -0.39 is 0 Å². The topological polar surface area (TPSA) is 17.1 Å². The molecule has 1 saturated carbocycles. The maximum Gasteiger partial charge on any atom is 0.136 e. The fourth-order valence-electron chi connectivity index (χ4n) is 2.92. The molecular formula is C16H20Cl2O. The van der Waals surface area contributed by atoms with E-state index in [1.54, 1.807) is 6.07 Å². The molecule has 1 aromatic rings. The Balaban J connectivity index is 2.12. The standard InChI is InChI=1S/C16H20Cl2O/c1-10(2)11-6-7-15(19)13(8-11)9-12-4-3-5-14(17)16(12)18/h3-5,10-11,13H,6-9H2,1-2H3. The Bertz CT molecular complexity index is 468. The van der Waals surface area contributed by atoms with Crippen LogP contribution < -0.4 is 0 Å². The molecule has 1 aromatic carbocycles. The number of carbonyl (C=O) groups is 1. The van der Waals surface area contributed by atoms with E-state index in [0.29, 0.717) is 34.1 Å². The van der Waals surface area contributed by atoms with Crippen molar-refractivity contribution in [3.8, 4) is 0 Å². The zero-order valence-electron chi connectivity index (χ0n) is 11.5. The van der Waals surface area contributed by atoms with Crippen LogP contribution >= 0.6 is 23.2 Å². The molecule has 3 heteroatoms. The molecule has 2 unspecified atom stereocenters. The Kier molecular flexibility index (Phi) is 4.92. The van der Waals surface area contributed by atoms with Crippen LogP contribution in [0.25, 0.3) is 0 Å². The van der Waals surface area contributed by atoms with Crippen molar-refractivity contribution in [2.45, 2.75) is 39.5 Å². The molecule has 2 rings (SSSR count). The second-order valence-electron chi connectivity index (χ2n) is 5.86. The van der Waals surface area contributed by atoms with Crippen LogP contribution in [0, 0.1) is 17.8 Å². The van der Waals surface area contributed by atoms with Crippen LogP contribution in [0.2, 0.25) is 10.0 Å². The number of carbonyl (C=O) groups excluding carboxylic acids is 1. The van der Waals surface area contributed by atoms with Crippen LogP contribution in [0.3, 0.4) is 0 Å². The van der Waals surface area contributed by atoms with E-state index >= 15 is 0 Å². The van der Waals surface area contributed by atoms with Crippen LogP contribution in [0.5, 0.6) is 0 Å². The predicted molar refractivity (Wildman–Crippen MR) is 80.8 cm³/mol. The lowest BCUT2D eigenvalue weighted by Crippen LogP contribution is -2.29. The van der Waals surface area contributed by atoms with Gasteiger partial charge in [0.2, 0.25) is 0 Å². The molecule has 0 radical (unpaired) electrons. The Morgan fingerprint density at radius 2 is 2.05 bits per heavy atom. The molecule has 0 aliphatic heterocycles. The average Bonchev–Trinajstić information content (AvgIpc) is 2.37. The molecule has 1 aliphatic rings. The van der Waals surface area contributed by atoms with Crippen molar-refractivity contribution >= 4 is 29.0 Å². The third kappa shape index (κ3) is 3.52. The number of Topliss-reactive ketones (excluding diaryl/α,β-unsaturated/α-hetero) is 1. The summed E-state index contributed by atoms with van der Waals surface area (Å²) in [4.78, 5) is 12.1. The molecule has 1 aliphatic carbocycles. The summed E-state index contributed by atoms with van der Waals surface area (Å²) in [6.45, 7) is 4.48. The summed E-state index contributed by atoms with van der Waals surface area (Å²) in [6, 6.07) is 5.66. The first-order chi connectivity index (χ1) is 8.99. The van der Waals surface area contributed by atoms with E-state index in [2.05, 4.69) is 13.8 Å². The van der Waals surface area contributed by atoms with Crippen molar-refractivity contribution in [1.82, 2.24) is 0 Å². The van der Waals surface area contributed by atoms with Crippen molar-refractivity contribution in [2.24, 2.45) is 17.8 Å². The van der Waals surface area contributed by atoms with E-state index in [0.717, 1.165) is 24.8 Å². The van der Waals surface area contributed by atoms with E-state index in [4.69, 9.17) is 23.2 Å². The highest BCUT2D eigenvalue weighted by Gasteiger charge is 2.30. The fourth-order valence-corrected chi connectivity index (χ4v) is 3.32. The van der Waals surface area contributed by atoms with Crippen molar-refractivity contribution in [2.75, 3.05) is 0 Å². The molecule has 0 heterocycles. The van der Waals surface area contributed by atoms with Crippen molar-refractivity contribution < 1.29 is 4.79 Å². The Hall–Kier alpha value is -0.530. The molecule has 19 heavy (non-hydrogen) atoms. The lowest BCUT2D eigenvalue weighted by Gasteiger charge is -2.30. The highest BCUT2D eigenvalue weighted by atomic mass is 35.5. The quantitative estimate of drug-likeness (QED) is 0.752. The summed E-state index contributed by atoms with van der Waals surface area (Å²) in [7, 11) is 0. The molecule has 0 N–H and O–H groups in total. The Labute approximate surface area is 125 Å². The molecule has 1 nitrogen and oxygen atoms in total. The molecule has 104 valence electrons. The highest BCUT2D eigenvalue weighted by molar-refractivity contribution is 6.42. The summed E-state index contributed by atoms with van der Waals surface area (Å²) in [5.74, 6) is 1.79. The number of hydrogen-bond donors (Lipinski definition) is 0. The molecule has 0 amide bonds. The number of ketones is 1. The first kappa shape index (κ1) is 14.9. The van der Waals surface area contributed by atoms with Gasteiger partial charge in [-0.15, -0.1) is 0 Å². The van der Waals surface area contributed by atoms with Crippen LogP contribution in [0.1, 0.15) is 38.7 Å². The number of hydrogen-bond acceptors (Lipinski definition) is 1. The molecular weight excluding hydrogens is 279 g/mol. The van der Waals surface area contributed by atoms with Gasteiger partial charge < -0.3 is 0 Å². The second kappa shape index (κ2) is 6.28. The van der Waals surface area contributed by atoms with Gasteiger partial charge in [-0.2, -0.15) is 0 Å². The largest absolute Gasteiger partial charge is 0.299 e. The smallest absolute Gasteiger partial charge is 0.136 e. The van der Waals surface area contributed by atoms with Gasteiger partial charge in [-0.3, -0.25) is 4.79 Å². The Morgan fingerprint density at radius 3 is 2.74 bits per heavy atom. The third-order valence-corrected chi connectivity index (χ3v) is 5.10. The maximum absolute atomic E-state index is 12.1. The van der Waals surface area contributed by atoms with Crippen molar-refractivity contribution in [3.63, 3.8) is 0 Å². The van der Waals surface area contributed by atoms with Gasteiger partial charge in [-0.25, -0.2) is 0 Å². The number of rotatable bonds is 3. The van der Waals surface area contributed by atoms with Crippen LogP contribution in [0.4, 0.5) is 0 Å². The van der Waals surface area contributed by atoms with E-state index in [9.17, 15) is 4.79 Å². The first-order valence-electron chi connectivity index (χ1n) is 6.94. The van der Waals surface area contributed by atoms with Gasteiger partial charge in [0.1, 0.15) is 5.78 Å².